The molecule has 180 valence electrons. The summed E-state index contributed by atoms with van der Waals surface area (Å²) in [5, 5.41) is 2.75. The van der Waals surface area contributed by atoms with Crippen molar-refractivity contribution in [2.75, 3.05) is 26.7 Å². The van der Waals surface area contributed by atoms with Gasteiger partial charge in [0.1, 0.15) is 11.6 Å². The predicted octanol–water partition coefficient (Wildman–Crippen LogP) is 1.89. The third-order valence-corrected chi connectivity index (χ3v) is 4.74. The average Bonchev–Trinajstić information content (AvgIpc) is 3.25. The van der Waals surface area contributed by atoms with Crippen LogP contribution in [0.3, 0.4) is 0 Å². The zero-order valence-corrected chi connectivity index (χ0v) is 19.8. The molecule has 1 heterocycles. The summed E-state index contributed by atoms with van der Waals surface area (Å²) in [7, 11) is 1.31. The number of methoxy groups -OCH3 is 1. The third-order valence-electron chi connectivity index (χ3n) is 4.74. The molecule has 0 aliphatic rings. The van der Waals surface area contributed by atoms with Crippen molar-refractivity contribution in [3.63, 3.8) is 0 Å². The van der Waals surface area contributed by atoms with Crippen LogP contribution in [-0.4, -0.2) is 71.1 Å². The van der Waals surface area contributed by atoms with Crippen molar-refractivity contribution < 1.29 is 23.9 Å². The van der Waals surface area contributed by atoms with Crippen molar-refractivity contribution in [2.45, 2.75) is 51.7 Å². The maximum atomic E-state index is 12.8. The van der Waals surface area contributed by atoms with Crippen LogP contribution in [0.2, 0.25) is 0 Å². The largest absolute Gasteiger partial charge is 0.468 e. The minimum absolute atomic E-state index is 0.0175. The second-order valence-electron chi connectivity index (χ2n) is 8.81. The number of amides is 1. The standard InChI is InChI=1S/C24H34N4O5/c1-24(2,3)33-23(31)20(13-19-14-25-17-26-19)27-21(29)15-28(16-22(30)32-4)12-8-11-18-9-6-5-7-10-18/h5-7,9-10,14,17,20H,8,11-13,15-16H2,1-4H3,(H,25,26)(H,27,29)/t20-/m0/s1. The van der Waals surface area contributed by atoms with Crippen LogP contribution in [0, 0.1) is 0 Å². The Bertz CT molecular complexity index is 878. The van der Waals surface area contributed by atoms with Gasteiger partial charge in [-0.3, -0.25) is 14.5 Å². The molecule has 0 spiro atoms. The molecule has 1 aromatic carbocycles. The zero-order valence-electron chi connectivity index (χ0n) is 19.8. The van der Waals surface area contributed by atoms with Crippen LogP contribution in [-0.2, 0) is 36.7 Å². The van der Waals surface area contributed by atoms with Gasteiger partial charge >= 0.3 is 11.9 Å². The minimum atomic E-state index is -0.888. The van der Waals surface area contributed by atoms with Crippen molar-refractivity contribution in [3.05, 3.63) is 54.1 Å². The van der Waals surface area contributed by atoms with E-state index in [0.717, 1.165) is 12.8 Å². The smallest absolute Gasteiger partial charge is 0.329 e. The van der Waals surface area contributed by atoms with Gasteiger partial charge in [0.25, 0.3) is 0 Å². The number of aromatic nitrogens is 2. The SMILES string of the molecule is COC(=O)CN(CCCc1ccccc1)CC(=O)N[C@@H](Cc1cnc[nH]1)C(=O)OC(C)(C)C. The molecule has 33 heavy (non-hydrogen) atoms. The Balaban J connectivity index is 2.00. The first-order valence-corrected chi connectivity index (χ1v) is 11.0. The highest BCUT2D eigenvalue weighted by Gasteiger charge is 2.28. The van der Waals surface area contributed by atoms with E-state index in [9.17, 15) is 14.4 Å². The first-order valence-electron chi connectivity index (χ1n) is 11.0. The van der Waals surface area contributed by atoms with E-state index in [1.54, 1.807) is 31.9 Å². The average molecular weight is 459 g/mol. The number of aryl methyl sites for hydroxylation is 1. The molecule has 2 rings (SSSR count). The van der Waals surface area contributed by atoms with Gasteiger partial charge in [-0.25, -0.2) is 9.78 Å². The normalized spacial score (nSPS) is 12.3. The molecule has 9 heteroatoms. The molecule has 0 saturated carbocycles. The summed E-state index contributed by atoms with van der Waals surface area (Å²) in [6, 6.07) is 9.11. The maximum absolute atomic E-state index is 12.8. The van der Waals surface area contributed by atoms with Gasteiger partial charge in [0.15, 0.2) is 0 Å². The number of hydrogen-bond acceptors (Lipinski definition) is 7. The molecular formula is C24H34N4O5. The highest BCUT2D eigenvalue weighted by atomic mass is 16.6. The molecule has 0 aliphatic heterocycles. The van der Waals surface area contributed by atoms with E-state index in [2.05, 4.69) is 15.3 Å². The Labute approximate surface area is 194 Å². The van der Waals surface area contributed by atoms with Crippen molar-refractivity contribution >= 4 is 17.8 Å². The highest BCUT2D eigenvalue weighted by molar-refractivity contribution is 5.86. The number of imidazole rings is 1. The van der Waals surface area contributed by atoms with Gasteiger partial charge < -0.3 is 19.8 Å². The fourth-order valence-corrected chi connectivity index (χ4v) is 3.24. The van der Waals surface area contributed by atoms with Crippen LogP contribution >= 0.6 is 0 Å². The van der Waals surface area contributed by atoms with Crippen LogP contribution in [0.1, 0.15) is 38.4 Å². The lowest BCUT2D eigenvalue weighted by atomic mass is 10.1. The monoisotopic (exact) mass is 458 g/mol. The highest BCUT2D eigenvalue weighted by Crippen LogP contribution is 2.11. The number of nitrogens with one attached hydrogen (secondary N) is 2. The van der Waals surface area contributed by atoms with E-state index >= 15 is 0 Å². The Morgan fingerprint density at radius 3 is 2.48 bits per heavy atom. The van der Waals surface area contributed by atoms with Gasteiger partial charge in [0.2, 0.25) is 5.91 Å². The number of esters is 2. The van der Waals surface area contributed by atoms with E-state index in [1.807, 2.05) is 30.3 Å². The molecule has 1 amide bonds. The van der Waals surface area contributed by atoms with E-state index < -0.39 is 23.6 Å². The Morgan fingerprint density at radius 2 is 1.88 bits per heavy atom. The number of aromatic amines is 1. The van der Waals surface area contributed by atoms with Crippen LogP contribution in [0.25, 0.3) is 0 Å². The number of hydrogen-bond donors (Lipinski definition) is 2. The lowest BCUT2D eigenvalue weighted by Gasteiger charge is -2.26. The second kappa shape index (κ2) is 12.7. The van der Waals surface area contributed by atoms with Crippen LogP contribution in [0.5, 0.6) is 0 Å². The molecule has 0 unspecified atom stereocenters. The summed E-state index contributed by atoms with van der Waals surface area (Å²) >= 11 is 0. The number of benzene rings is 1. The van der Waals surface area contributed by atoms with Crippen LogP contribution in [0.15, 0.2) is 42.9 Å². The topological polar surface area (TPSA) is 114 Å². The lowest BCUT2D eigenvalue weighted by Crippen LogP contribution is -2.49. The van der Waals surface area contributed by atoms with Crippen LogP contribution < -0.4 is 5.32 Å². The first kappa shape index (κ1) is 26.1. The number of carbonyl (C=O) groups is 3. The van der Waals surface area contributed by atoms with Gasteiger partial charge in [0.05, 0.1) is 26.5 Å². The van der Waals surface area contributed by atoms with Gasteiger partial charge in [-0.05, 0) is 45.7 Å². The number of ether oxygens (including phenoxy) is 2. The molecule has 2 aromatic rings. The van der Waals surface area contributed by atoms with Crippen molar-refractivity contribution in [2.24, 2.45) is 0 Å². The van der Waals surface area contributed by atoms with Gasteiger partial charge in [-0.15, -0.1) is 0 Å². The van der Waals surface area contributed by atoms with E-state index in [-0.39, 0.29) is 25.4 Å². The first-order chi connectivity index (χ1) is 15.7. The molecule has 1 atom stereocenters. The van der Waals surface area contributed by atoms with Gasteiger partial charge in [-0.1, -0.05) is 30.3 Å². The minimum Gasteiger partial charge on any atom is -0.468 e. The maximum Gasteiger partial charge on any atom is 0.329 e. The van der Waals surface area contributed by atoms with E-state index in [4.69, 9.17) is 9.47 Å². The fourth-order valence-electron chi connectivity index (χ4n) is 3.24. The van der Waals surface area contributed by atoms with E-state index in [1.165, 1.54) is 19.0 Å². The number of carbonyl (C=O) groups excluding carboxylic acids is 3. The second-order valence-corrected chi connectivity index (χ2v) is 8.81. The Kier molecular flexibility index (Phi) is 10.1. The summed E-state index contributed by atoms with van der Waals surface area (Å²) < 4.78 is 10.2. The zero-order chi connectivity index (χ0) is 24.3. The number of H-pyrrole nitrogens is 1. The van der Waals surface area contributed by atoms with E-state index in [0.29, 0.717) is 12.2 Å². The molecule has 0 saturated heterocycles. The van der Waals surface area contributed by atoms with Crippen molar-refractivity contribution in [3.8, 4) is 0 Å². The molecular weight excluding hydrogens is 424 g/mol. The summed E-state index contributed by atoms with van der Waals surface area (Å²) in [4.78, 5) is 46.0. The summed E-state index contributed by atoms with van der Waals surface area (Å²) in [5.74, 6) is -1.34. The summed E-state index contributed by atoms with van der Waals surface area (Å²) in [6.07, 6.45) is 4.90. The molecule has 1 aromatic heterocycles. The molecule has 0 bridgehead atoms. The summed E-state index contributed by atoms with van der Waals surface area (Å²) in [6.45, 7) is 5.76. The molecule has 9 nitrogen and oxygen atoms in total. The third kappa shape index (κ3) is 10.3. The van der Waals surface area contributed by atoms with Crippen LogP contribution in [0.4, 0.5) is 0 Å². The summed E-state index contributed by atoms with van der Waals surface area (Å²) in [5.41, 5.74) is 1.19. The van der Waals surface area contributed by atoms with Crippen molar-refractivity contribution in [1.82, 2.24) is 20.2 Å². The molecule has 2 N–H and O–H groups in total. The molecule has 0 aliphatic carbocycles. The lowest BCUT2D eigenvalue weighted by molar-refractivity contribution is -0.158. The van der Waals surface area contributed by atoms with Gasteiger partial charge in [-0.2, -0.15) is 0 Å². The quantitative estimate of drug-likeness (QED) is 0.467. The molecule has 0 fully saturated rings. The van der Waals surface area contributed by atoms with Gasteiger partial charge in [0, 0.05) is 18.3 Å². The Morgan fingerprint density at radius 1 is 1.15 bits per heavy atom. The molecule has 0 radical (unpaired) electrons. The number of nitrogens with zero attached hydrogens (tertiary/aromatic N) is 2. The number of rotatable bonds is 12. The fraction of sp³-hybridized carbons (Fsp3) is 0.500. The van der Waals surface area contributed by atoms with Crippen molar-refractivity contribution in [1.29, 1.82) is 0 Å². The predicted molar refractivity (Wildman–Crippen MR) is 123 cm³/mol. The Hall–Kier alpha value is -3.20.